The molecule has 3 nitrogen and oxygen atoms in total. The predicted octanol–water partition coefficient (Wildman–Crippen LogP) is 3.75. The molecule has 0 aliphatic rings. The maximum absolute atomic E-state index is 13.4. The van der Waals surface area contributed by atoms with Gasteiger partial charge in [0, 0.05) is 18.5 Å². The van der Waals surface area contributed by atoms with Gasteiger partial charge in [-0.3, -0.25) is 4.90 Å². The third-order valence-electron chi connectivity index (χ3n) is 3.06. The van der Waals surface area contributed by atoms with Crippen molar-refractivity contribution in [3.8, 4) is 5.75 Å². The molecule has 2 aromatic rings. The zero-order valence-corrected chi connectivity index (χ0v) is 13.3. The molecule has 0 unspecified atom stereocenters. The molecule has 1 aromatic heterocycles. The van der Waals surface area contributed by atoms with Crippen molar-refractivity contribution in [3.05, 3.63) is 46.2 Å². The second-order valence-electron chi connectivity index (χ2n) is 5.00. The number of benzene rings is 1. The van der Waals surface area contributed by atoms with E-state index in [0.29, 0.717) is 12.4 Å². The molecule has 0 atom stereocenters. The summed E-state index contributed by atoms with van der Waals surface area (Å²) in [4.78, 5) is 6.73. The Kier molecular flexibility index (Phi) is 6.14. The maximum atomic E-state index is 13.4. The number of aryl methyl sites for hydroxylation is 1. The van der Waals surface area contributed by atoms with E-state index < -0.39 is 0 Å². The van der Waals surface area contributed by atoms with Crippen molar-refractivity contribution in [1.29, 1.82) is 0 Å². The van der Waals surface area contributed by atoms with Gasteiger partial charge in [0.1, 0.15) is 6.61 Å². The topological polar surface area (TPSA) is 25.4 Å². The molecule has 0 amide bonds. The Morgan fingerprint density at radius 1 is 1.33 bits per heavy atom. The van der Waals surface area contributed by atoms with Crippen LogP contribution in [0.3, 0.4) is 0 Å². The normalized spacial score (nSPS) is 11.0. The second kappa shape index (κ2) is 8.10. The summed E-state index contributed by atoms with van der Waals surface area (Å²) in [5, 5.41) is 3.31. The molecule has 21 heavy (non-hydrogen) atoms. The van der Waals surface area contributed by atoms with Gasteiger partial charge in [-0.1, -0.05) is 19.1 Å². The minimum Gasteiger partial charge on any atom is -0.489 e. The van der Waals surface area contributed by atoms with E-state index in [4.69, 9.17) is 4.74 Å². The lowest BCUT2D eigenvalue weighted by atomic mass is 10.3. The van der Waals surface area contributed by atoms with Crippen LogP contribution < -0.4 is 4.74 Å². The molecular weight excluding hydrogens is 287 g/mol. The third kappa shape index (κ3) is 5.10. The molecule has 0 N–H and O–H groups in total. The van der Waals surface area contributed by atoms with Gasteiger partial charge in [0.15, 0.2) is 11.6 Å². The Balaban J connectivity index is 1.74. The summed E-state index contributed by atoms with van der Waals surface area (Å²) in [6.07, 6.45) is 2.17. The van der Waals surface area contributed by atoms with Gasteiger partial charge in [0.25, 0.3) is 0 Å². The quantitative estimate of drug-likeness (QED) is 0.743. The maximum Gasteiger partial charge on any atom is 0.165 e. The Labute approximate surface area is 129 Å². The predicted molar refractivity (Wildman–Crippen MR) is 84.3 cm³/mol. The SMILES string of the molecule is CCCc1nc(CN(C)CCOc2ccccc2F)cs1. The van der Waals surface area contributed by atoms with Crippen LogP contribution in [-0.2, 0) is 13.0 Å². The van der Waals surface area contributed by atoms with E-state index in [1.54, 1.807) is 29.5 Å². The number of likely N-dealkylation sites (N-methyl/N-ethyl adjacent to an activating group) is 1. The third-order valence-corrected chi connectivity index (χ3v) is 4.02. The van der Waals surface area contributed by atoms with E-state index in [1.807, 2.05) is 7.05 Å². The fourth-order valence-electron chi connectivity index (χ4n) is 1.98. The van der Waals surface area contributed by atoms with E-state index in [9.17, 15) is 4.39 Å². The Hall–Kier alpha value is -1.46. The van der Waals surface area contributed by atoms with Crippen LogP contribution >= 0.6 is 11.3 Å². The first kappa shape index (κ1) is 15.9. The van der Waals surface area contributed by atoms with Gasteiger partial charge in [0.05, 0.1) is 10.7 Å². The number of hydrogen-bond donors (Lipinski definition) is 0. The fraction of sp³-hybridized carbons (Fsp3) is 0.438. The molecule has 0 spiro atoms. The molecule has 0 radical (unpaired) electrons. The lowest BCUT2D eigenvalue weighted by Crippen LogP contribution is -2.24. The Morgan fingerprint density at radius 2 is 2.14 bits per heavy atom. The second-order valence-corrected chi connectivity index (χ2v) is 5.94. The van der Waals surface area contributed by atoms with E-state index >= 15 is 0 Å². The number of halogens is 1. The lowest BCUT2D eigenvalue weighted by Gasteiger charge is -2.15. The molecule has 2 rings (SSSR count). The average molecular weight is 308 g/mol. The standard InChI is InChI=1S/C16H21FN2OS/c1-3-6-16-18-13(12-21-16)11-19(2)9-10-20-15-8-5-4-7-14(15)17/h4-5,7-8,12H,3,6,9-11H2,1-2H3. The summed E-state index contributed by atoms with van der Waals surface area (Å²) < 4.78 is 18.8. The smallest absolute Gasteiger partial charge is 0.165 e. The van der Waals surface area contributed by atoms with E-state index in [0.717, 1.165) is 31.6 Å². The highest BCUT2D eigenvalue weighted by Gasteiger charge is 2.06. The summed E-state index contributed by atoms with van der Waals surface area (Å²) in [6, 6.07) is 6.48. The molecular formula is C16H21FN2OS. The molecule has 0 aliphatic heterocycles. The summed E-state index contributed by atoms with van der Waals surface area (Å²) in [6.45, 7) is 4.15. The summed E-state index contributed by atoms with van der Waals surface area (Å²) >= 11 is 1.72. The van der Waals surface area contributed by atoms with Gasteiger partial charge >= 0.3 is 0 Å². The van der Waals surface area contributed by atoms with Crippen LogP contribution in [-0.4, -0.2) is 30.1 Å². The van der Waals surface area contributed by atoms with Crippen LogP contribution in [0.1, 0.15) is 24.0 Å². The molecule has 0 saturated carbocycles. The van der Waals surface area contributed by atoms with E-state index in [2.05, 4.69) is 22.2 Å². The van der Waals surface area contributed by atoms with Crippen LogP contribution in [0.5, 0.6) is 5.75 Å². The van der Waals surface area contributed by atoms with Crippen LogP contribution in [0.2, 0.25) is 0 Å². The van der Waals surface area contributed by atoms with Crippen LogP contribution in [0.4, 0.5) is 4.39 Å². The number of para-hydroxylation sites is 1. The number of thiazole rings is 1. The van der Waals surface area contributed by atoms with Crippen molar-refractivity contribution >= 4 is 11.3 Å². The van der Waals surface area contributed by atoms with E-state index in [-0.39, 0.29) is 5.82 Å². The highest BCUT2D eigenvalue weighted by molar-refractivity contribution is 7.09. The highest BCUT2D eigenvalue weighted by Crippen LogP contribution is 2.15. The zero-order chi connectivity index (χ0) is 15.1. The highest BCUT2D eigenvalue weighted by atomic mass is 32.1. The van der Waals surface area contributed by atoms with Gasteiger partial charge in [-0.15, -0.1) is 11.3 Å². The molecule has 0 saturated heterocycles. The number of aromatic nitrogens is 1. The van der Waals surface area contributed by atoms with Gasteiger partial charge in [0.2, 0.25) is 0 Å². The summed E-state index contributed by atoms with van der Waals surface area (Å²) in [5.41, 5.74) is 1.09. The lowest BCUT2D eigenvalue weighted by molar-refractivity contribution is 0.225. The Morgan fingerprint density at radius 3 is 2.90 bits per heavy atom. The fourth-order valence-corrected chi connectivity index (χ4v) is 2.87. The van der Waals surface area contributed by atoms with Crippen molar-refractivity contribution < 1.29 is 9.13 Å². The van der Waals surface area contributed by atoms with Gasteiger partial charge in [-0.2, -0.15) is 0 Å². The summed E-state index contributed by atoms with van der Waals surface area (Å²) in [5.74, 6) is -0.00588. The molecule has 1 heterocycles. The average Bonchev–Trinajstić information content (AvgIpc) is 2.88. The van der Waals surface area contributed by atoms with Gasteiger partial charge in [-0.25, -0.2) is 9.37 Å². The first-order chi connectivity index (χ1) is 10.2. The summed E-state index contributed by atoms with van der Waals surface area (Å²) in [7, 11) is 2.02. The first-order valence-electron chi connectivity index (χ1n) is 7.18. The molecule has 114 valence electrons. The number of nitrogens with zero attached hydrogens (tertiary/aromatic N) is 2. The monoisotopic (exact) mass is 308 g/mol. The van der Waals surface area contributed by atoms with Crippen LogP contribution in [0, 0.1) is 5.82 Å². The minimum absolute atomic E-state index is 0.310. The molecule has 5 heteroatoms. The van der Waals surface area contributed by atoms with Crippen molar-refractivity contribution in [2.24, 2.45) is 0 Å². The zero-order valence-electron chi connectivity index (χ0n) is 12.5. The van der Waals surface area contributed by atoms with Gasteiger partial charge in [-0.05, 0) is 32.0 Å². The Bertz CT molecular complexity index is 559. The molecule has 0 fully saturated rings. The van der Waals surface area contributed by atoms with Crippen molar-refractivity contribution in [2.45, 2.75) is 26.3 Å². The van der Waals surface area contributed by atoms with Crippen molar-refractivity contribution in [1.82, 2.24) is 9.88 Å². The van der Waals surface area contributed by atoms with E-state index in [1.165, 1.54) is 11.1 Å². The number of ether oxygens (including phenoxy) is 1. The molecule has 0 aliphatic carbocycles. The van der Waals surface area contributed by atoms with Crippen molar-refractivity contribution in [2.75, 3.05) is 20.2 Å². The van der Waals surface area contributed by atoms with Crippen LogP contribution in [0.15, 0.2) is 29.6 Å². The first-order valence-corrected chi connectivity index (χ1v) is 8.06. The molecule has 0 bridgehead atoms. The minimum atomic E-state index is -0.316. The molecule has 1 aromatic carbocycles. The number of rotatable bonds is 8. The largest absolute Gasteiger partial charge is 0.489 e. The van der Waals surface area contributed by atoms with Gasteiger partial charge < -0.3 is 4.74 Å². The van der Waals surface area contributed by atoms with Crippen molar-refractivity contribution in [3.63, 3.8) is 0 Å². The number of hydrogen-bond acceptors (Lipinski definition) is 4. The van der Waals surface area contributed by atoms with Crippen LogP contribution in [0.25, 0.3) is 0 Å².